The molecule has 0 aliphatic heterocycles. The average molecular weight is 191 g/mol. The lowest BCUT2D eigenvalue weighted by atomic mass is 10.2. The molecular formula is C11H13NO2. The molecule has 1 aromatic carbocycles. The highest BCUT2D eigenvalue weighted by Crippen LogP contribution is 2.24. The molecule has 74 valence electrons. The summed E-state index contributed by atoms with van der Waals surface area (Å²) in [5.74, 6) is 0.819. The molecule has 2 rings (SSSR count). The Labute approximate surface area is 82.5 Å². The van der Waals surface area contributed by atoms with Crippen molar-refractivity contribution in [1.82, 2.24) is 0 Å². The fourth-order valence-electron chi connectivity index (χ4n) is 1.41. The third kappa shape index (κ3) is 1.59. The number of ether oxygens (including phenoxy) is 1. The second-order valence-corrected chi connectivity index (χ2v) is 3.12. The van der Waals surface area contributed by atoms with Gasteiger partial charge in [-0.15, -0.1) is 0 Å². The SMILES string of the molecule is CCOCc1cc2cccc(N)c2o1. The Morgan fingerprint density at radius 3 is 3.00 bits per heavy atom. The molecule has 1 aromatic heterocycles. The van der Waals surface area contributed by atoms with Gasteiger partial charge in [-0.2, -0.15) is 0 Å². The van der Waals surface area contributed by atoms with Gasteiger partial charge in [0, 0.05) is 12.0 Å². The van der Waals surface area contributed by atoms with E-state index >= 15 is 0 Å². The third-order valence-electron chi connectivity index (χ3n) is 2.07. The minimum absolute atomic E-state index is 0.505. The van der Waals surface area contributed by atoms with E-state index in [-0.39, 0.29) is 0 Å². The summed E-state index contributed by atoms with van der Waals surface area (Å²) in [6, 6.07) is 7.68. The molecule has 0 fully saturated rings. The van der Waals surface area contributed by atoms with Crippen LogP contribution in [0.5, 0.6) is 0 Å². The second kappa shape index (κ2) is 3.72. The van der Waals surface area contributed by atoms with Crippen molar-refractivity contribution in [2.75, 3.05) is 12.3 Å². The van der Waals surface area contributed by atoms with Crippen molar-refractivity contribution < 1.29 is 9.15 Å². The van der Waals surface area contributed by atoms with Crippen molar-refractivity contribution in [3.63, 3.8) is 0 Å². The van der Waals surface area contributed by atoms with E-state index in [0.29, 0.717) is 18.9 Å². The van der Waals surface area contributed by atoms with Crippen LogP contribution >= 0.6 is 0 Å². The number of anilines is 1. The van der Waals surface area contributed by atoms with Crippen LogP contribution in [0.2, 0.25) is 0 Å². The zero-order valence-corrected chi connectivity index (χ0v) is 8.12. The monoisotopic (exact) mass is 191 g/mol. The largest absolute Gasteiger partial charge is 0.456 e. The summed E-state index contributed by atoms with van der Waals surface area (Å²) in [6.45, 7) is 3.15. The van der Waals surface area contributed by atoms with Gasteiger partial charge in [-0.3, -0.25) is 0 Å². The molecular weight excluding hydrogens is 178 g/mol. The maximum atomic E-state index is 5.76. The molecule has 1 heterocycles. The number of para-hydroxylation sites is 1. The van der Waals surface area contributed by atoms with E-state index in [1.165, 1.54) is 0 Å². The lowest BCUT2D eigenvalue weighted by Gasteiger charge is -1.95. The average Bonchev–Trinajstić information content (AvgIpc) is 2.59. The van der Waals surface area contributed by atoms with Gasteiger partial charge in [-0.1, -0.05) is 12.1 Å². The first-order valence-electron chi connectivity index (χ1n) is 4.66. The molecule has 0 unspecified atom stereocenters. The van der Waals surface area contributed by atoms with Crippen LogP contribution in [0, 0.1) is 0 Å². The van der Waals surface area contributed by atoms with Gasteiger partial charge in [0.1, 0.15) is 12.4 Å². The van der Waals surface area contributed by atoms with Gasteiger partial charge < -0.3 is 14.9 Å². The van der Waals surface area contributed by atoms with Crippen molar-refractivity contribution >= 4 is 16.7 Å². The number of rotatable bonds is 3. The Bertz CT molecular complexity index is 434. The highest BCUT2D eigenvalue weighted by molar-refractivity contribution is 5.88. The van der Waals surface area contributed by atoms with Crippen LogP contribution in [0.1, 0.15) is 12.7 Å². The van der Waals surface area contributed by atoms with Crippen molar-refractivity contribution in [1.29, 1.82) is 0 Å². The number of fused-ring (bicyclic) bond motifs is 1. The van der Waals surface area contributed by atoms with Crippen molar-refractivity contribution in [3.8, 4) is 0 Å². The van der Waals surface area contributed by atoms with Crippen LogP contribution in [0.15, 0.2) is 28.7 Å². The van der Waals surface area contributed by atoms with Gasteiger partial charge in [0.25, 0.3) is 0 Å². The molecule has 3 nitrogen and oxygen atoms in total. The minimum atomic E-state index is 0.505. The first-order valence-corrected chi connectivity index (χ1v) is 4.66. The summed E-state index contributed by atoms with van der Waals surface area (Å²) < 4.78 is 10.8. The number of hydrogen-bond donors (Lipinski definition) is 1. The normalized spacial score (nSPS) is 10.9. The molecule has 3 heteroatoms. The number of nitrogen functional groups attached to an aromatic ring is 1. The standard InChI is InChI=1S/C11H13NO2/c1-2-13-7-9-6-8-4-3-5-10(12)11(8)14-9/h3-6H,2,7,12H2,1H3. The Kier molecular flexibility index (Phi) is 2.41. The predicted octanol–water partition coefficient (Wildman–Crippen LogP) is 2.55. The van der Waals surface area contributed by atoms with Crippen LogP contribution in [-0.2, 0) is 11.3 Å². The van der Waals surface area contributed by atoms with E-state index in [0.717, 1.165) is 16.7 Å². The van der Waals surface area contributed by atoms with E-state index in [4.69, 9.17) is 14.9 Å². The van der Waals surface area contributed by atoms with E-state index in [1.807, 2.05) is 31.2 Å². The van der Waals surface area contributed by atoms with E-state index in [1.54, 1.807) is 0 Å². The highest BCUT2D eigenvalue weighted by Gasteiger charge is 2.05. The number of hydrogen-bond acceptors (Lipinski definition) is 3. The smallest absolute Gasteiger partial charge is 0.157 e. The van der Waals surface area contributed by atoms with Gasteiger partial charge >= 0.3 is 0 Å². The Hall–Kier alpha value is -1.48. The van der Waals surface area contributed by atoms with E-state index in [9.17, 15) is 0 Å². The fraction of sp³-hybridized carbons (Fsp3) is 0.273. The zero-order chi connectivity index (χ0) is 9.97. The molecule has 0 saturated carbocycles. The topological polar surface area (TPSA) is 48.4 Å². The van der Waals surface area contributed by atoms with Crippen LogP contribution in [0.25, 0.3) is 11.0 Å². The molecule has 0 aliphatic rings. The fourth-order valence-corrected chi connectivity index (χ4v) is 1.41. The Morgan fingerprint density at radius 2 is 2.29 bits per heavy atom. The third-order valence-corrected chi connectivity index (χ3v) is 2.07. The molecule has 0 atom stereocenters. The minimum Gasteiger partial charge on any atom is -0.456 e. The number of nitrogens with two attached hydrogens (primary N) is 1. The van der Waals surface area contributed by atoms with Crippen molar-refractivity contribution in [2.24, 2.45) is 0 Å². The molecule has 0 radical (unpaired) electrons. The van der Waals surface area contributed by atoms with E-state index in [2.05, 4.69) is 0 Å². The maximum Gasteiger partial charge on any atom is 0.157 e. The summed E-state index contributed by atoms with van der Waals surface area (Å²) in [7, 11) is 0. The zero-order valence-electron chi connectivity index (χ0n) is 8.12. The molecule has 2 N–H and O–H groups in total. The molecule has 0 amide bonds. The highest BCUT2D eigenvalue weighted by atomic mass is 16.5. The summed E-state index contributed by atoms with van der Waals surface area (Å²) in [5, 5.41) is 1.03. The van der Waals surface area contributed by atoms with Crippen LogP contribution in [0.4, 0.5) is 5.69 Å². The molecule has 0 bridgehead atoms. The molecule has 0 spiro atoms. The lowest BCUT2D eigenvalue weighted by molar-refractivity contribution is 0.119. The van der Waals surface area contributed by atoms with Gasteiger partial charge in [0.2, 0.25) is 0 Å². The van der Waals surface area contributed by atoms with Gasteiger partial charge in [-0.05, 0) is 19.1 Å². The van der Waals surface area contributed by atoms with Crippen LogP contribution in [-0.4, -0.2) is 6.61 Å². The Morgan fingerprint density at radius 1 is 1.43 bits per heavy atom. The number of benzene rings is 1. The molecule has 14 heavy (non-hydrogen) atoms. The first kappa shape index (κ1) is 9.09. The summed E-state index contributed by atoms with van der Waals surface area (Å²) in [5.41, 5.74) is 7.19. The van der Waals surface area contributed by atoms with Gasteiger partial charge in [0.15, 0.2) is 5.58 Å². The lowest BCUT2D eigenvalue weighted by Crippen LogP contribution is -1.88. The van der Waals surface area contributed by atoms with Crippen LogP contribution < -0.4 is 5.73 Å². The summed E-state index contributed by atoms with van der Waals surface area (Å²) >= 11 is 0. The van der Waals surface area contributed by atoms with Gasteiger partial charge in [-0.25, -0.2) is 0 Å². The quantitative estimate of drug-likeness (QED) is 0.758. The summed E-state index contributed by atoms with van der Waals surface area (Å²) in [4.78, 5) is 0. The second-order valence-electron chi connectivity index (χ2n) is 3.12. The predicted molar refractivity (Wildman–Crippen MR) is 56.0 cm³/mol. The van der Waals surface area contributed by atoms with Crippen molar-refractivity contribution in [3.05, 3.63) is 30.0 Å². The van der Waals surface area contributed by atoms with Gasteiger partial charge in [0.05, 0.1) is 5.69 Å². The first-order chi connectivity index (χ1) is 6.81. The summed E-state index contributed by atoms with van der Waals surface area (Å²) in [6.07, 6.45) is 0. The van der Waals surface area contributed by atoms with E-state index < -0.39 is 0 Å². The van der Waals surface area contributed by atoms with Crippen LogP contribution in [0.3, 0.4) is 0 Å². The number of furan rings is 1. The molecule has 2 aromatic rings. The molecule has 0 saturated heterocycles. The Balaban J connectivity index is 2.36. The maximum absolute atomic E-state index is 5.76. The molecule has 0 aliphatic carbocycles. The van der Waals surface area contributed by atoms with Crippen molar-refractivity contribution in [2.45, 2.75) is 13.5 Å².